The van der Waals surface area contributed by atoms with Gasteiger partial charge in [-0.25, -0.2) is 0 Å². The van der Waals surface area contributed by atoms with E-state index in [4.69, 9.17) is 5.73 Å². The van der Waals surface area contributed by atoms with E-state index in [-0.39, 0.29) is 17.8 Å². The Morgan fingerprint density at radius 3 is 2.58 bits per heavy atom. The molecule has 0 aliphatic rings. The van der Waals surface area contributed by atoms with Crippen LogP contribution in [0.1, 0.15) is 11.6 Å². The van der Waals surface area contributed by atoms with E-state index in [1.165, 1.54) is 10.9 Å². The van der Waals surface area contributed by atoms with Crippen molar-refractivity contribution in [1.82, 2.24) is 19.7 Å². The highest BCUT2D eigenvalue weighted by Crippen LogP contribution is 2.23. The fourth-order valence-corrected chi connectivity index (χ4v) is 2.44. The van der Waals surface area contributed by atoms with Crippen molar-refractivity contribution in [3.05, 3.63) is 42.1 Å². The summed E-state index contributed by atoms with van der Waals surface area (Å²) in [6, 6.07) is 9.14. The van der Waals surface area contributed by atoms with Gasteiger partial charge in [0.1, 0.15) is 12.4 Å². The van der Waals surface area contributed by atoms with Crippen molar-refractivity contribution in [2.45, 2.75) is 12.2 Å². The van der Waals surface area contributed by atoms with Crippen molar-refractivity contribution in [1.29, 1.82) is 0 Å². The topological polar surface area (TPSA) is 93.7 Å². The molecule has 7 nitrogen and oxygen atoms in total. The molecule has 0 saturated carbocycles. The van der Waals surface area contributed by atoms with Gasteiger partial charge in [-0.1, -0.05) is 30.3 Å². The maximum absolute atomic E-state index is 12.5. The molecule has 0 spiro atoms. The Kier molecular flexibility index (Phi) is 4.94. The summed E-state index contributed by atoms with van der Waals surface area (Å²) in [6.45, 7) is -0.872. The number of hydrogen-bond acceptors (Lipinski definition) is 6. The Hall–Kier alpha value is -2.88. The molecule has 3 rings (SSSR count). The van der Waals surface area contributed by atoms with E-state index in [1.54, 1.807) is 7.05 Å². The number of fused-ring (bicyclic) bond motifs is 1. The van der Waals surface area contributed by atoms with E-state index in [2.05, 4.69) is 25.7 Å². The molecule has 2 aromatic heterocycles. The predicted molar refractivity (Wildman–Crippen MR) is 92.7 cm³/mol. The normalized spacial score (nSPS) is 13.0. The molecular weight excluding hydrogens is 347 g/mol. The van der Waals surface area contributed by atoms with Crippen LogP contribution < -0.4 is 16.4 Å². The molecule has 0 aliphatic carbocycles. The van der Waals surface area contributed by atoms with Crippen molar-refractivity contribution in [3.63, 3.8) is 0 Å². The van der Waals surface area contributed by atoms with Crippen LogP contribution in [-0.4, -0.2) is 39.0 Å². The predicted octanol–water partition coefficient (Wildman–Crippen LogP) is 2.45. The van der Waals surface area contributed by atoms with Crippen LogP contribution in [0.25, 0.3) is 11.0 Å². The summed E-state index contributed by atoms with van der Waals surface area (Å²) in [7, 11) is 1.66. The number of halogens is 3. The summed E-state index contributed by atoms with van der Waals surface area (Å²) in [5.74, 6) is 0.244. The monoisotopic (exact) mass is 365 g/mol. The van der Waals surface area contributed by atoms with Gasteiger partial charge in [-0.05, 0) is 5.56 Å². The third-order valence-electron chi connectivity index (χ3n) is 3.76. The number of benzene rings is 1. The van der Waals surface area contributed by atoms with Crippen LogP contribution in [0, 0.1) is 0 Å². The zero-order valence-electron chi connectivity index (χ0n) is 14.0. The fraction of sp³-hybridized carbons (Fsp3) is 0.312. The third kappa shape index (κ3) is 4.20. The lowest BCUT2D eigenvalue weighted by atomic mass is 10.1. The standard InChI is InChI=1S/C16H18F3N7/c1-26-14-11(7-23-26)13(22-9-16(17,18)19)24-15(25-14)21-8-12(20)10-5-3-2-4-6-10/h2-7,12H,8-9,20H2,1H3,(H2,21,22,24,25). The van der Waals surface area contributed by atoms with Crippen molar-refractivity contribution >= 4 is 22.8 Å². The second-order valence-electron chi connectivity index (χ2n) is 5.77. The van der Waals surface area contributed by atoms with Gasteiger partial charge in [0.25, 0.3) is 0 Å². The molecular formula is C16H18F3N7. The zero-order chi connectivity index (χ0) is 18.7. The molecule has 0 radical (unpaired) electrons. The highest BCUT2D eigenvalue weighted by molar-refractivity contribution is 5.87. The number of nitrogens with one attached hydrogen (secondary N) is 2. The van der Waals surface area contributed by atoms with Gasteiger partial charge in [-0.15, -0.1) is 0 Å². The van der Waals surface area contributed by atoms with E-state index >= 15 is 0 Å². The van der Waals surface area contributed by atoms with Crippen LogP contribution in [0.4, 0.5) is 24.9 Å². The Morgan fingerprint density at radius 1 is 1.15 bits per heavy atom. The third-order valence-corrected chi connectivity index (χ3v) is 3.76. The van der Waals surface area contributed by atoms with E-state index in [1.807, 2.05) is 30.3 Å². The molecule has 0 amide bonds. The number of nitrogens with two attached hydrogens (primary N) is 1. The average molecular weight is 365 g/mol. The van der Waals surface area contributed by atoms with E-state index in [0.29, 0.717) is 17.6 Å². The first kappa shape index (κ1) is 17.9. The minimum Gasteiger partial charge on any atom is -0.360 e. The summed E-state index contributed by atoms with van der Waals surface area (Å²) in [5.41, 5.74) is 7.46. The number of anilines is 2. The second-order valence-corrected chi connectivity index (χ2v) is 5.77. The molecule has 0 aliphatic heterocycles. The zero-order valence-corrected chi connectivity index (χ0v) is 14.0. The molecule has 4 N–H and O–H groups in total. The Labute approximate surface area is 147 Å². The number of aryl methyl sites for hydroxylation is 1. The van der Waals surface area contributed by atoms with Gasteiger partial charge in [0.05, 0.1) is 11.6 Å². The van der Waals surface area contributed by atoms with Crippen molar-refractivity contribution < 1.29 is 13.2 Å². The highest BCUT2D eigenvalue weighted by Gasteiger charge is 2.27. The van der Waals surface area contributed by atoms with E-state index in [9.17, 15) is 13.2 Å². The first-order chi connectivity index (χ1) is 12.3. The van der Waals surface area contributed by atoms with Crippen LogP contribution >= 0.6 is 0 Å². The van der Waals surface area contributed by atoms with Crippen molar-refractivity contribution in [3.8, 4) is 0 Å². The Balaban J connectivity index is 1.80. The lowest BCUT2D eigenvalue weighted by Crippen LogP contribution is -2.23. The van der Waals surface area contributed by atoms with Crippen LogP contribution in [0.3, 0.4) is 0 Å². The fourth-order valence-electron chi connectivity index (χ4n) is 2.44. The molecule has 1 unspecified atom stereocenters. The lowest BCUT2D eigenvalue weighted by Gasteiger charge is -2.15. The summed E-state index contributed by atoms with van der Waals surface area (Å²) in [5, 5.41) is 9.72. The van der Waals surface area contributed by atoms with Gasteiger partial charge in [0.2, 0.25) is 5.95 Å². The largest absolute Gasteiger partial charge is 0.405 e. The number of rotatable bonds is 6. The van der Waals surface area contributed by atoms with Crippen molar-refractivity contribution in [2.75, 3.05) is 23.7 Å². The first-order valence-corrected chi connectivity index (χ1v) is 7.88. The number of hydrogen-bond donors (Lipinski definition) is 3. The smallest absolute Gasteiger partial charge is 0.360 e. The maximum atomic E-state index is 12.5. The van der Waals surface area contributed by atoms with Gasteiger partial charge in [0, 0.05) is 19.6 Å². The number of aromatic nitrogens is 4. The molecule has 0 fully saturated rings. The van der Waals surface area contributed by atoms with Crippen LogP contribution in [-0.2, 0) is 7.05 Å². The molecule has 2 heterocycles. The summed E-state index contributed by atoms with van der Waals surface area (Å²) in [4.78, 5) is 8.45. The summed E-state index contributed by atoms with van der Waals surface area (Å²) < 4.78 is 39.1. The van der Waals surface area contributed by atoms with Crippen LogP contribution in [0.15, 0.2) is 36.5 Å². The highest BCUT2D eigenvalue weighted by atomic mass is 19.4. The van der Waals surface area contributed by atoms with E-state index in [0.717, 1.165) is 5.56 Å². The van der Waals surface area contributed by atoms with E-state index < -0.39 is 12.7 Å². The Bertz CT molecular complexity index is 877. The van der Waals surface area contributed by atoms with Gasteiger partial charge >= 0.3 is 6.18 Å². The summed E-state index contributed by atoms with van der Waals surface area (Å²) >= 11 is 0. The molecule has 10 heteroatoms. The number of nitrogens with zero attached hydrogens (tertiary/aromatic N) is 4. The van der Waals surface area contributed by atoms with Gasteiger partial charge in [0.15, 0.2) is 5.65 Å². The molecule has 3 aromatic rings. The first-order valence-electron chi connectivity index (χ1n) is 7.88. The molecule has 0 saturated heterocycles. The number of alkyl halides is 3. The quantitative estimate of drug-likeness (QED) is 0.621. The van der Waals surface area contributed by atoms with Gasteiger partial charge in [-0.2, -0.15) is 28.2 Å². The van der Waals surface area contributed by atoms with Crippen LogP contribution in [0.2, 0.25) is 0 Å². The molecule has 1 atom stereocenters. The Morgan fingerprint density at radius 2 is 1.88 bits per heavy atom. The lowest BCUT2D eigenvalue weighted by molar-refractivity contribution is -0.115. The van der Waals surface area contributed by atoms with Crippen LogP contribution in [0.5, 0.6) is 0 Å². The minimum atomic E-state index is -4.36. The molecule has 26 heavy (non-hydrogen) atoms. The molecule has 1 aromatic carbocycles. The minimum absolute atomic E-state index is 0.0659. The van der Waals surface area contributed by atoms with Crippen molar-refractivity contribution in [2.24, 2.45) is 12.8 Å². The average Bonchev–Trinajstić information content (AvgIpc) is 2.99. The summed E-state index contributed by atoms with van der Waals surface area (Å²) in [6.07, 6.45) is -2.93. The maximum Gasteiger partial charge on any atom is 0.405 e. The SMILES string of the molecule is Cn1ncc2c(NCC(F)(F)F)nc(NCC(N)c3ccccc3)nc21. The molecule has 0 bridgehead atoms. The second kappa shape index (κ2) is 7.16. The van der Waals surface area contributed by atoms with Gasteiger partial charge < -0.3 is 16.4 Å². The van der Waals surface area contributed by atoms with Gasteiger partial charge in [-0.3, -0.25) is 4.68 Å². The molecule has 138 valence electrons.